The second-order valence-electron chi connectivity index (χ2n) is 8.15. The highest BCUT2D eigenvalue weighted by molar-refractivity contribution is 6.09. The summed E-state index contributed by atoms with van der Waals surface area (Å²) in [5.41, 5.74) is 0.755. The van der Waals surface area contributed by atoms with Crippen molar-refractivity contribution in [2.24, 2.45) is 0 Å². The molecule has 0 spiro atoms. The number of nitro benzene ring substituents is 1. The molecule has 0 bridgehead atoms. The number of rotatable bonds is 4. The molecule has 2 aromatic rings. The van der Waals surface area contributed by atoms with Crippen molar-refractivity contribution in [3.8, 4) is 0 Å². The summed E-state index contributed by atoms with van der Waals surface area (Å²) in [6.07, 6.45) is -3.10. The third kappa shape index (κ3) is 4.43. The Morgan fingerprint density at radius 1 is 1.15 bits per heavy atom. The van der Waals surface area contributed by atoms with E-state index in [9.17, 15) is 32.9 Å². The van der Waals surface area contributed by atoms with E-state index in [-0.39, 0.29) is 29.2 Å². The lowest BCUT2D eigenvalue weighted by molar-refractivity contribution is -0.384. The van der Waals surface area contributed by atoms with Gasteiger partial charge in [0.05, 0.1) is 10.5 Å². The highest BCUT2D eigenvalue weighted by Gasteiger charge is 2.39. The molecule has 176 valence electrons. The Kier molecular flexibility index (Phi) is 5.99. The quantitative estimate of drug-likeness (QED) is 0.470. The first-order valence-electron chi connectivity index (χ1n) is 10.5. The SMILES string of the molecule is CC1=C(C(=O)Nc2cccc(C(F)(F)F)c2)C(c2cccc([N+](=O)[O-])c2)C2=C(CCCC2=O)N1. The third-order valence-corrected chi connectivity index (χ3v) is 5.88. The average Bonchev–Trinajstić information content (AvgIpc) is 2.78. The summed E-state index contributed by atoms with van der Waals surface area (Å²) in [6.45, 7) is 1.63. The summed E-state index contributed by atoms with van der Waals surface area (Å²) in [7, 11) is 0. The summed E-state index contributed by atoms with van der Waals surface area (Å²) < 4.78 is 39.3. The monoisotopic (exact) mass is 471 g/mol. The number of nitrogens with zero attached hydrogens (tertiary/aromatic N) is 1. The summed E-state index contributed by atoms with van der Waals surface area (Å²) >= 11 is 0. The van der Waals surface area contributed by atoms with Crippen molar-refractivity contribution >= 4 is 23.1 Å². The van der Waals surface area contributed by atoms with Gasteiger partial charge in [0.1, 0.15) is 0 Å². The van der Waals surface area contributed by atoms with Gasteiger partial charge in [-0.05, 0) is 43.5 Å². The number of anilines is 1. The van der Waals surface area contributed by atoms with Gasteiger partial charge in [-0.1, -0.05) is 18.2 Å². The summed E-state index contributed by atoms with van der Waals surface area (Å²) in [6, 6.07) is 9.92. The molecule has 4 rings (SSSR count). The average molecular weight is 471 g/mol. The van der Waals surface area contributed by atoms with Gasteiger partial charge in [0.2, 0.25) is 0 Å². The first-order chi connectivity index (χ1) is 16.1. The molecule has 2 aliphatic rings. The van der Waals surface area contributed by atoms with Gasteiger partial charge in [0.25, 0.3) is 11.6 Å². The molecule has 1 heterocycles. The minimum atomic E-state index is -4.58. The number of ketones is 1. The molecule has 1 aliphatic carbocycles. The summed E-state index contributed by atoms with van der Waals surface area (Å²) in [4.78, 5) is 37.1. The number of nitrogens with one attached hydrogen (secondary N) is 2. The Morgan fingerprint density at radius 3 is 2.59 bits per heavy atom. The maximum atomic E-state index is 13.4. The van der Waals surface area contributed by atoms with E-state index in [1.807, 2.05) is 0 Å². The highest BCUT2D eigenvalue weighted by Crippen LogP contribution is 2.43. The van der Waals surface area contributed by atoms with Crippen LogP contribution in [0.4, 0.5) is 24.5 Å². The zero-order valence-corrected chi connectivity index (χ0v) is 18.0. The smallest absolute Gasteiger partial charge is 0.362 e. The van der Waals surface area contributed by atoms with Crippen molar-refractivity contribution in [3.63, 3.8) is 0 Å². The highest BCUT2D eigenvalue weighted by atomic mass is 19.4. The van der Waals surface area contributed by atoms with Gasteiger partial charge in [0, 0.05) is 52.7 Å². The molecule has 0 radical (unpaired) electrons. The molecule has 0 aromatic heterocycles. The molecular formula is C24H20F3N3O4. The number of hydrogen-bond acceptors (Lipinski definition) is 5. The zero-order chi connectivity index (χ0) is 24.6. The van der Waals surface area contributed by atoms with Crippen molar-refractivity contribution in [2.45, 2.75) is 38.3 Å². The molecule has 2 N–H and O–H groups in total. The van der Waals surface area contributed by atoms with Crippen molar-refractivity contribution in [3.05, 3.63) is 92.3 Å². The van der Waals surface area contributed by atoms with Gasteiger partial charge in [-0.3, -0.25) is 19.7 Å². The number of halogens is 3. The van der Waals surface area contributed by atoms with E-state index in [1.165, 1.54) is 30.3 Å². The fourth-order valence-corrected chi connectivity index (χ4v) is 4.41. The standard InChI is InChI=1S/C24H20F3N3O4/c1-13-20(23(32)29-16-7-3-6-15(12-16)24(25,26)27)21(14-5-2-8-17(11-14)30(33)34)22-18(28-13)9-4-10-19(22)31/h2-3,5-8,11-12,21,28H,4,9-10H2,1H3,(H,29,32). The molecule has 1 atom stereocenters. The number of dihydropyridines is 1. The molecule has 1 aliphatic heterocycles. The number of Topliss-reactive ketones (excluding diaryl/α,β-unsaturated/α-hetero) is 1. The number of alkyl halides is 3. The number of benzene rings is 2. The predicted octanol–water partition coefficient (Wildman–Crippen LogP) is 5.22. The van der Waals surface area contributed by atoms with Gasteiger partial charge < -0.3 is 10.6 Å². The summed E-state index contributed by atoms with van der Waals surface area (Å²) in [5.74, 6) is -1.78. The number of allylic oxidation sites excluding steroid dienone is 3. The Labute approximate surface area is 192 Å². The van der Waals surface area contributed by atoms with Crippen molar-refractivity contribution in [2.75, 3.05) is 5.32 Å². The van der Waals surface area contributed by atoms with Gasteiger partial charge in [-0.2, -0.15) is 13.2 Å². The lowest BCUT2D eigenvalue weighted by atomic mass is 9.75. The largest absolute Gasteiger partial charge is 0.416 e. The first-order valence-corrected chi connectivity index (χ1v) is 10.5. The summed E-state index contributed by atoms with van der Waals surface area (Å²) in [5, 5.41) is 16.9. The van der Waals surface area contributed by atoms with Crippen LogP contribution in [0.25, 0.3) is 0 Å². The van der Waals surface area contributed by atoms with Crippen LogP contribution in [-0.2, 0) is 15.8 Å². The number of nitro groups is 1. The second kappa shape index (κ2) is 8.77. The first kappa shape index (κ1) is 23.2. The van der Waals surface area contributed by atoms with E-state index in [0.29, 0.717) is 35.4 Å². The van der Waals surface area contributed by atoms with E-state index < -0.39 is 28.5 Å². The minimum absolute atomic E-state index is 0.0623. The number of carbonyl (C=O) groups excluding carboxylic acids is 2. The van der Waals surface area contributed by atoms with E-state index in [4.69, 9.17) is 0 Å². The normalized spacial score (nSPS) is 18.4. The molecule has 0 saturated carbocycles. The van der Waals surface area contributed by atoms with E-state index in [2.05, 4.69) is 10.6 Å². The van der Waals surface area contributed by atoms with Gasteiger partial charge in [-0.15, -0.1) is 0 Å². The maximum absolute atomic E-state index is 13.4. The Bertz CT molecular complexity index is 1260. The fraction of sp³-hybridized carbons (Fsp3) is 0.250. The van der Waals surface area contributed by atoms with Crippen molar-refractivity contribution < 1.29 is 27.7 Å². The molecule has 0 fully saturated rings. The van der Waals surface area contributed by atoms with Crippen LogP contribution >= 0.6 is 0 Å². The molecule has 2 aromatic carbocycles. The Hall–Kier alpha value is -3.95. The van der Waals surface area contributed by atoms with E-state index in [1.54, 1.807) is 13.0 Å². The zero-order valence-electron chi connectivity index (χ0n) is 18.0. The molecule has 1 unspecified atom stereocenters. The van der Waals surface area contributed by atoms with Crippen LogP contribution in [0.2, 0.25) is 0 Å². The fourth-order valence-electron chi connectivity index (χ4n) is 4.41. The van der Waals surface area contributed by atoms with Crippen LogP contribution in [0, 0.1) is 10.1 Å². The molecule has 7 nitrogen and oxygen atoms in total. The number of non-ortho nitro benzene ring substituents is 1. The maximum Gasteiger partial charge on any atom is 0.416 e. The van der Waals surface area contributed by atoms with Crippen LogP contribution < -0.4 is 10.6 Å². The number of amides is 1. The van der Waals surface area contributed by atoms with Crippen LogP contribution in [0.3, 0.4) is 0 Å². The lowest BCUT2D eigenvalue weighted by Gasteiger charge is -2.34. The van der Waals surface area contributed by atoms with Crippen LogP contribution in [0.1, 0.15) is 43.2 Å². The molecule has 1 amide bonds. The number of carbonyl (C=O) groups is 2. The predicted molar refractivity (Wildman–Crippen MR) is 118 cm³/mol. The second-order valence-corrected chi connectivity index (χ2v) is 8.15. The van der Waals surface area contributed by atoms with Crippen LogP contribution in [0.15, 0.2) is 71.1 Å². The molecule has 34 heavy (non-hydrogen) atoms. The van der Waals surface area contributed by atoms with Gasteiger partial charge >= 0.3 is 6.18 Å². The lowest BCUT2D eigenvalue weighted by Crippen LogP contribution is -2.35. The van der Waals surface area contributed by atoms with E-state index >= 15 is 0 Å². The Balaban J connectivity index is 1.78. The molecule has 0 saturated heterocycles. The molecular weight excluding hydrogens is 451 g/mol. The third-order valence-electron chi connectivity index (χ3n) is 5.88. The van der Waals surface area contributed by atoms with Gasteiger partial charge in [0.15, 0.2) is 5.78 Å². The van der Waals surface area contributed by atoms with Crippen molar-refractivity contribution in [1.29, 1.82) is 0 Å². The molecule has 10 heteroatoms. The topological polar surface area (TPSA) is 101 Å². The minimum Gasteiger partial charge on any atom is -0.362 e. The van der Waals surface area contributed by atoms with E-state index in [0.717, 1.165) is 12.1 Å². The Morgan fingerprint density at radius 2 is 1.88 bits per heavy atom. The van der Waals surface area contributed by atoms with Crippen molar-refractivity contribution in [1.82, 2.24) is 5.32 Å². The van der Waals surface area contributed by atoms with Gasteiger partial charge in [-0.25, -0.2) is 0 Å². The van der Waals surface area contributed by atoms with Crippen LogP contribution in [0.5, 0.6) is 0 Å². The van der Waals surface area contributed by atoms with Crippen LogP contribution in [-0.4, -0.2) is 16.6 Å². The number of hydrogen-bond donors (Lipinski definition) is 2.